The Hall–Kier alpha value is -1.10. The molecule has 1 saturated heterocycles. The van der Waals surface area contributed by atoms with Crippen molar-refractivity contribution >= 4 is 11.9 Å². The summed E-state index contributed by atoms with van der Waals surface area (Å²) in [7, 11) is 0. The Balaban J connectivity index is 1.78. The number of ether oxygens (including phenoxy) is 1. The summed E-state index contributed by atoms with van der Waals surface area (Å²) < 4.78 is 5.57. The van der Waals surface area contributed by atoms with E-state index in [1.165, 1.54) is 0 Å². The summed E-state index contributed by atoms with van der Waals surface area (Å²) in [5.41, 5.74) is -1.75. The molecule has 0 amide bonds. The fraction of sp³-hybridized carbons (Fsp3) is 0.900. The van der Waals surface area contributed by atoms with Gasteiger partial charge in [0.05, 0.1) is 17.9 Å². The molecule has 0 aromatic rings. The number of aliphatic hydroxyl groups is 1. The van der Waals surface area contributed by atoms with Gasteiger partial charge in [-0.05, 0) is 75.0 Å². The minimum Gasteiger partial charge on any atom is -0.481 e. The van der Waals surface area contributed by atoms with E-state index in [1.54, 1.807) is 0 Å². The van der Waals surface area contributed by atoms with Crippen LogP contribution in [0.5, 0.6) is 0 Å². The molecule has 1 aliphatic heterocycles. The van der Waals surface area contributed by atoms with Gasteiger partial charge in [-0.25, -0.2) is 0 Å². The lowest BCUT2D eigenvalue weighted by Crippen LogP contribution is -2.67. The summed E-state index contributed by atoms with van der Waals surface area (Å²) in [5, 5.41) is 20.7. The third kappa shape index (κ3) is 2.11. The van der Waals surface area contributed by atoms with Crippen LogP contribution in [-0.4, -0.2) is 33.9 Å². The van der Waals surface area contributed by atoms with E-state index >= 15 is 0 Å². The molecule has 0 aromatic heterocycles. The van der Waals surface area contributed by atoms with Crippen LogP contribution in [0.15, 0.2) is 0 Å². The molecule has 2 N–H and O–H groups in total. The monoisotopic (exact) mass is 350 g/mol. The molecule has 3 saturated carbocycles. The molecular formula is C20H30O5. The highest BCUT2D eigenvalue weighted by atomic mass is 16.6. The van der Waals surface area contributed by atoms with Crippen LogP contribution in [0.2, 0.25) is 0 Å². The molecule has 3 aliphatic carbocycles. The maximum atomic E-state index is 12.3. The smallest absolute Gasteiger partial charge is 0.309 e. The zero-order valence-electron chi connectivity index (χ0n) is 15.5. The van der Waals surface area contributed by atoms with E-state index in [9.17, 15) is 19.8 Å². The van der Waals surface area contributed by atoms with Crippen LogP contribution in [0.3, 0.4) is 0 Å². The van der Waals surface area contributed by atoms with Gasteiger partial charge >= 0.3 is 11.9 Å². The van der Waals surface area contributed by atoms with Gasteiger partial charge in [0.2, 0.25) is 0 Å². The van der Waals surface area contributed by atoms with Crippen molar-refractivity contribution in [2.24, 2.45) is 28.1 Å². The van der Waals surface area contributed by atoms with Crippen LogP contribution in [0, 0.1) is 28.1 Å². The third-order valence-corrected chi connectivity index (χ3v) is 8.64. The van der Waals surface area contributed by atoms with E-state index in [0.29, 0.717) is 19.3 Å². The highest BCUT2D eigenvalue weighted by Gasteiger charge is 2.68. The van der Waals surface area contributed by atoms with Gasteiger partial charge in [0.25, 0.3) is 0 Å². The number of aliphatic carboxylic acids is 1. The summed E-state index contributed by atoms with van der Waals surface area (Å²) in [4.78, 5) is 24.4. The number of hydrogen-bond acceptors (Lipinski definition) is 4. The molecule has 2 bridgehead atoms. The first-order chi connectivity index (χ1) is 11.6. The zero-order chi connectivity index (χ0) is 18.3. The molecule has 7 atom stereocenters. The van der Waals surface area contributed by atoms with Crippen molar-refractivity contribution in [2.75, 3.05) is 0 Å². The van der Waals surface area contributed by atoms with Gasteiger partial charge < -0.3 is 14.9 Å². The Bertz CT molecular complexity index is 632. The normalized spacial score (nSPS) is 54.9. The van der Waals surface area contributed by atoms with Gasteiger partial charge in [-0.2, -0.15) is 0 Å². The van der Waals surface area contributed by atoms with Gasteiger partial charge in [0.15, 0.2) is 0 Å². The molecule has 4 fully saturated rings. The lowest BCUT2D eigenvalue weighted by Gasteiger charge is -2.67. The molecular weight excluding hydrogens is 320 g/mol. The Morgan fingerprint density at radius 2 is 1.88 bits per heavy atom. The Morgan fingerprint density at radius 3 is 2.56 bits per heavy atom. The van der Waals surface area contributed by atoms with Crippen molar-refractivity contribution in [3.05, 3.63) is 0 Å². The molecule has 4 aliphatic rings. The summed E-state index contributed by atoms with van der Waals surface area (Å²) in [6.07, 6.45) is 5.44. The number of hydrogen-bond donors (Lipinski definition) is 2. The summed E-state index contributed by atoms with van der Waals surface area (Å²) in [5.74, 6) is -0.593. The average molecular weight is 350 g/mol. The molecule has 4 rings (SSSR count). The van der Waals surface area contributed by atoms with E-state index in [-0.39, 0.29) is 28.6 Å². The second-order valence-corrected chi connectivity index (χ2v) is 9.98. The molecule has 0 radical (unpaired) electrons. The van der Waals surface area contributed by atoms with Crippen LogP contribution in [0.25, 0.3) is 0 Å². The molecule has 25 heavy (non-hydrogen) atoms. The number of carbonyl (C=O) groups excluding carboxylic acids is 1. The van der Waals surface area contributed by atoms with E-state index in [1.807, 2.05) is 13.8 Å². The number of carboxylic acid groups (broad SMARTS) is 1. The predicted molar refractivity (Wildman–Crippen MR) is 90.7 cm³/mol. The van der Waals surface area contributed by atoms with Crippen LogP contribution in [0.4, 0.5) is 0 Å². The Labute approximate surface area is 149 Å². The van der Waals surface area contributed by atoms with Crippen molar-refractivity contribution in [3.8, 4) is 0 Å². The number of aliphatic hydroxyl groups excluding tert-OH is 1. The molecule has 1 heterocycles. The molecule has 5 nitrogen and oxygen atoms in total. The first kappa shape index (κ1) is 17.3. The van der Waals surface area contributed by atoms with E-state index < -0.39 is 23.1 Å². The zero-order valence-corrected chi connectivity index (χ0v) is 15.5. The highest BCUT2D eigenvalue weighted by molar-refractivity contribution is 5.75. The largest absolute Gasteiger partial charge is 0.481 e. The topological polar surface area (TPSA) is 83.8 Å². The van der Waals surface area contributed by atoms with E-state index in [0.717, 1.165) is 32.1 Å². The third-order valence-electron chi connectivity index (χ3n) is 8.64. The number of fused-ring (bicyclic) bond motifs is 3. The average Bonchev–Trinajstić information content (AvgIpc) is 2.48. The first-order valence-corrected chi connectivity index (χ1v) is 9.69. The fourth-order valence-electron chi connectivity index (χ4n) is 7.52. The van der Waals surface area contributed by atoms with Gasteiger partial charge in [0, 0.05) is 0 Å². The molecule has 0 aromatic carbocycles. The minimum atomic E-state index is -0.778. The summed E-state index contributed by atoms with van der Waals surface area (Å²) in [6, 6.07) is 0. The van der Waals surface area contributed by atoms with Crippen molar-refractivity contribution in [1.29, 1.82) is 0 Å². The van der Waals surface area contributed by atoms with Gasteiger partial charge in [-0.1, -0.05) is 13.3 Å². The maximum absolute atomic E-state index is 12.3. The van der Waals surface area contributed by atoms with Gasteiger partial charge in [-0.15, -0.1) is 0 Å². The lowest BCUT2D eigenvalue weighted by atomic mass is 9.38. The summed E-state index contributed by atoms with van der Waals surface area (Å²) >= 11 is 0. The first-order valence-electron chi connectivity index (χ1n) is 9.69. The number of esters is 1. The quantitative estimate of drug-likeness (QED) is 0.710. The highest BCUT2D eigenvalue weighted by Crippen LogP contribution is 2.70. The molecule has 5 heteroatoms. The molecule has 1 spiro atoms. The van der Waals surface area contributed by atoms with Crippen LogP contribution in [-0.2, 0) is 14.3 Å². The number of carbonyl (C=O) groups is 2. The Morgan fingerprint density at radius 1 is 1.16 bits per heavy atom. The number of rotatable bonds is 1. The van der Waals surface area contributed by atoms with Crippen molar-refractivity contribution in [3.63, 3.8) is 0 Å². The molecule has 140 valence electrons. The van der Waals surface area contributed by atoms with Crippen molar-refractivity contribution in [2.45, 2.75) is 83.8 Å². The minimum absolute atomic E-state index is 0.108. The van der Waals surface area contributed by atoms with Crippen LogP contribution in [0.1, 0.15) is 72.1 Å². The standard InChI is InChI=1S/C20H30O5/c1-17-6-4-7-18(2,16(23)24)12(17)5-8-20-10-15(22)25-19(3,11-20)14(21)9-13(17)20/h12-14,21H,4-11H2,1-3H3,(H,23,24)/t12-,13-,14-,17-,18+,19-,20+/m1/s1. The van der Waals surface area contributed by atoms with Crippen molar-refractivity contribution in [1.82, 2.24) is 0 Å². The molecule has 0 unspecified atom stereocenters. The maximum Gasteiger partial charge on any atom is 0.309 e. The van der Waals surface area contributed by atoms with Gasteiger partial charge in [0.1, 0.15) is 5.60 Å². The second kappa shape index (κ2) is 4.99. The van der Waals surface area contributed by atoms with E-state index in [4.69, 9.17) is 4.74 Å². The SMILES string of the molecule is C[C@@]12CCC[C@](C)(C(=O)O)[C@@H]1CC[C@]13CC(=O)O[C@](C)(C1)[C@H](O)C[C@@H]32. The summed E-state index contributed by atoms with van der Waals surface area (Å²) in [6.45, 7) is 6.01. The van der Waals surface area contributed by atoms with Crippen LogP contribution < -0.4 is 0 Å². The second-order valence-electron chi connectivity index (χ2n) is 9.98. The van der Waals surface area contributed by atoms with Crippen molar-refractivity contribution < 1.29 is 24.5 Å². The predicted octanol–water partition coefficient (Wildman–Crippen LogP) is 3.14. The van der Waals surface area contributed by atoms with Crippen LogP contribution >= 0.6 is 0 Å². The number of carboxylic acids is 1. The fourth-order valence-corrected chi connectivity index (χ4v) is 7.52. The van der Waals surface area contributed by atoms with Gasteiger partial charge in [-0.3, -0.25) is 9.59 Å². The lowest BCUT2D eigenvalue weighted by molar-refractivity contribution is -0.255. The van der Waals surface area contributed by atoms with E-state index in [2.05, 4.69) is 6.92 Å². The Kier molecular flexibility index (Phi) is 3.46.